The standard InChI is InChI=1S/C13H18N2OS/c1-3-8-15-11(9-14)10-17-13-7-5-4-6-12(13)16-2/h4-7,11,15H,3,8,10H2,1-2H3. The zero-order valence-corrected chi connectivity index (χ0v) is 11.1. The number of hydrogen-bond donors (Lipinski definition) is 1. The highest BCUT2D eigenvalue weighted by Crippen LogP contribution is 2.28. The van der Waals surface area contributed by atoms with Gasteiger partial charge in [0.2, 0.25) is 0 Å². The SMILES string of the molecule is CCCNC(C#N)CSc1ccccc1OC. The summed E-state index contributed by atoms with van der Waals surface area (Å²) in [4.78, 5) is 1.08. The van der Waals surface area contributed by atoms with Crippen LogP contribution in [0, 0.1) is 11.3 Å². The molecule has 1 N–H and O–H groups in total. The minimum Gasteiger partial charge on any atom is -0.496 e. The van der Waals surface area contributed by atoms with E-state index in [0.29, 0.717) is 0 Å². The average Bonchev–Trinajstić information content (AvgIpc) is 2.39. The van der Waals surface area contributed by atoms with Gasteiger partial charge in [0.15, 0.2) is 0 Å². The van der Waals surface area contributed by atoms with Crippen LogP contribution in [0.5, 0.6) is 5.75 Å². The Hall–Kier alpha value is -1.18. The van der Waals surface area contributed by atoms with Crippen LogP contribution in [-0.4, -0.2) is 25.4 Å². The second-order valence-electron chi connectivity index (χ2n) is 3.60. The molecule has 1 aromatic rings. The van der Waals surface area contributed by atoms with Gasteiger partial charge in [0.05, 0.1) is 13.2 Å². The third-order valence-electron chi connectivity index (χ3n) is 2.27. The Bertz CT molecular complexity index is 376. The van der Waals surface area contributed by atoms with Crippen LogP contribution in [0.25, 0.3) is 0 Å². The fourth-order valence-electron chi connectivity index (χ4n) is 1.37. The number of hydrogen-bond acceptors (Lipinski definition) is 4. The average molecular weight is 250 g/mol. The number of thioether (sulfide) groups is 1. The number of rotatable bonds is 7. The maximum atomic E-state index is 9.00. The van der Waals surface area contributed by atoms with Gasteiger partial charge in [-0.3, -0.25) is 0 Å². The number of para-hydroxylation sites is 1. The Kier molecular flexibility index (Phi) is 6.53. The van der Waals surface area contributed by atoms with Crippen molar-refractivity contribution in [2.45, 2.75) is 24.3 Å². The van der Waals surface area contributed by atoms with E-state index in [4.69, 9.17) is 10.00 Å². The molecule has 92 valence electrons. The molecule has 1 atom stereocenters. The molecule has 0 radical (unpaired) electrons. The molecule has 1 rings (SSSR count). The van der Waals surface area contributed by atoms with E-state index in [1.54, 1.807) is 18.9 Å². The van der Waals surface area contributed by atoms with Crippen LogP contribution in [0.4, 0.5) is 0 Å². The third kappa shape index (κ3) is 4.68. The van der Waals surface area contributed by atoms with Gasteiger partial charge < -0.3 is 10.1 Å². The quantitative estimate of drug-likeness (QED) is 0.756. The topological polar surface area (TPSA) is 45.0 Å². The molecule has 0 aliphatic heterocycles. The van der Waals surface area contributed by atoms with Crippen molar-refractivity contribution >= 4 is 11.8 Å². The van der Waals surface area contributed by atoms with Crippen molar-refractivity contribution in [3.05, 3.63) is 24.3 Å². The van der Waals surface area contributed by atoms with Gasteiger partial charge in [-0.2, -0.15) is 5.26 Å². The van der Waals surface area contributed by atoms with Crippen molar-refractivity contribution in [1.82, 2.24) is 5.32 Å². The van der Waals surface area contributed by atoms with Gasteiger partial charge in [0.1, 0.15) is 11.8 Å². The lowest BCUT2D eigenvalue weighted by Crippen LogP contribution is -2.30. The van der Waals surface area contributed by atoms with Crippen molar-refractivity contribution in [1.29, 1.82) is 5.26 Å². The first-order valence-corrected chi connectivity index (χ1v) is 6.69. The van der Waals surface area contributed by atoms with E-state index < -0.39 is 0 Å². The number of nitriles is 1. The van der Waals surface area contributed by atoms with Crippen molar-refractivity contribution in [3.63, 3.8) is 0 Å². The molecule has 1 aromatic carbocycles. The molecule has 0 aromatic heterocycles. The molecule has 0 bridgehead atoms. The monoisotopic (exact) mass is 250 g/mol. The van der Waals surface area contributed by atoms with E-state index in [-0.39, 0.29) is 6.04 Å². The number of ether oxygens (including phenoxy) is 1. The summed E-state index contributed by atoms with van der Waals surface area (Å²) >= 11 is 1.64. The van der Waals surface area contributed by atoms with Gasteiger partial charge in [0, 0.05) is 10.6 Å². The zero-order valence-electron chi connectivity index (χ0n) is 10.3. The van der Waals surface area contributed by atoms with E-state index in [0.717, 1.165) is 29.4 Å². The first kappa shape index (κ1) is 13.9. The molecular formula is C13H18N2OS. The Morgan fingerprint density at radius 3 is 2.88 bits per heavy atom. The lowest BCUT2D eigenvalue weighted by atomic mass is 10.3. The highest BCUT2D eigenvalue weighted by molar-refractivity contribution is 7.99. The van der Waals surface area contributed by atoms with Crippen molar-refractivity contribution in [3.8, 4) is 11.8 Å². The fraction of sp³-hybridized carbons (Fsp3) is 0.462. The number of nitrogens with one attached hydrogen (secondary N) is 1. The van der Waals surface area contributed by atoms with Crippen molar-refractivity contribution in [2.75, 3.05) is 19.4 Å². The molecule has 4 heteroatoms. The van der Waals surface area contributed by atoms with Crippen LogP contribution in [0.2, 0.25) is 0 Å². The second kappa shape index (κ2) is 7.99. The molecule has 0 fully saturated rings. The van der Waals surface area contributed by atoms with Crippen LogP contribution in [0.1, 0.15) is 13.3 Å². The molecule has 0 aliphatic carbocycles. The highest BCUT2D eigenvalue weighted by atomic mass is 32.2. The summed E-state index contributed by atoms with van der Waals surface area (Å²) in [5.41, 5.74) is 0. The smallest absolute Gasteiger partial charge is 0.132 e. The number of benzene rings is 1. The maximum Gasteiger partial charge on any atom is 0.132 e. The summed E-state index contributed by atoms with van der Waals surface area (Å²) < 4.78 is 5.27. The van der Waals surface area contributed by atoms with Crippen molar-refractivity contribution in [2.24, 2.45) is 0 Å². The molecule has 3 nitrogen and oxygen atoms in total. The molecule has 0 amide bonds. The van der Waals surface area contributed by atoms with Gasteiger partial charge in [-0.05, 0) is 25.1 Å². The minimum absolute atomic E-state index is 0.107. The Morgan fingerprint density at radius 1 is 1.47 bits per heavy atom. The second-order valence-corrected chi connectivity index (χ2v) is 4.66. The van der Waals surface area contributed by atoms with E-state index in [9.17, 15) is 0 Å². The Balaban J connectivity index is 2.51. The summed E-state index contributed by atoms with van der Waals surface area (Å²) in [7, 11) is 1.66. The molecule has 0 spiro atoms. The van der Waals surface area contributed by atoms with Gasteiger partial charge in [0.25, 0.3) is 0 Å². The van der Waals surface area contributed by atoms with Crippen LogP contribution in [0.3, 0.4) is 0 Å². The van der Waals surface area contributed by atoms with Gasteiger partial charge in [-0.15, -0.1) is 11.8 Å². The Labute approximate surface area is 107 Å². The zero-order chi connectivity index (χ0) is 12.5. The van der Waals surface area contributed by atoms with Crippen LogP contribution >= 0.6 is 11.8 Å². The van der Waals surface area contributed by atoms with E-state index >= 15 is 0 Å². The first-order valence-electron chi connectivity index (χ1n) is 5.70. The predicted molar refractivity (Wildman–Crippen MR) is 71.4 cm³/mol. The molecule has 0 saturated carbocycles. The summed E-state index contributed by atoms with van der Waals surface area (Å²) in [5.74, 6) is 1.60. The third-order valence-corrected chi connectivity index (χ3v) is 3.42. The highest BCUT2D eigenvalue weighted by Gasteiger charge is 2.08. The lowest BCUT2D eigenvalue weighted by Gasteiger charge is -2.12. The normalized spacial score (nSPS) is 11.8. The maximum absolute atomic E-state index is 9.00. The molecule has 0 heterocycles. The van der Waals surface area contributed by atoms with Gasteiger partial charge in [-0.25, -0.2) is 0 Å². The van der Waals surface area contributed by atoms with Crippen LogP contribution < -0.4 is 10.1 Å². The largest absolute Gasteiger partial charge is 0.496 e. The van der Waals surface area contributed by atoms with E-state index in [2.05, 4.69) is 18.3 Å². The summed E-state index contributed by atoms with van der Waals surface area (Å²) in [5, 5.41) is 12.2. The molecule has 0 saturated heterocycles. The Morgan fingerprint density at radius 2 is 2.24 bits per heavy atom. The first-order chi connectivity index (χ1) is 8.31. The summed E-state index contributed by atoms with van der Waals surface area (Å²) in [6.45, 7) is 2.97. The van der Waals surface area contributed by atoms with Gasteiger partial charge in [-0.1, -0.05) is 19.1 Å². The number of nitrogens with zero attached hydrogens (tertiary/aromatic N) is 1. The summed E-state index contributed by atoms with van der Waals surface area (Å²) in [6, 6.07) is 10.0. The lowest BCUT2D eigenvalue weighted by molar-refractivity contribution is 0.405. The molecular weight excluding hydrogens is 232 g/mol. The van der Waals surface area contributed by atoms with E-state index in [1.807, 2.05) is 24.3 Å². The fourth-order valence-corrected chi connectivity index (χ4v) is 2.38. The number of methoxy groups -OCH3 is 1. The van der Waals surface area contributed by atoms with E-state index in [1.165, 1.54) is 0 Å². The minimum atomic E-state index is -0.107. The van der Waals surface area contributed by atoms with Crippen molar-refractivity contribution < 1.29 is 4.74 Å². The van der Waals surface area contributed by atoms with Crippen LogP contribution in [0.15, 0.2) is 29.2 Å². The molecule has 1 unspecified atom stereocenters. The molecule has 0 aliphatic rings. The van der Waals surface area contributed by atoms with Crippen LogP contribution in [-0.2, 0) is 0 Å². The summed E-state index contributed by atoms with van der Waals surface area (Å²) in [6.07, 6.45) is 1.04. The predicted octanol–water partition coefficient (Wildman–Crippen LogP) is 2.68. The molecule has 17 heavy (non-hydrogen) atoms. The van der Waals surface area contributed by atoms with Gasteiger partial charge >= 0.3 is 0 Å².